The molecule has 0 spiro atoms. The second kappa shape index (κ2) is 8.28. The Bertz CT molecular complexity index is 1220. The van der Waals surface area contributed by atoms with Crippen molar-refractivity contribution in [2.45, 2.75) is 36.8 Å². The van der Waals surface area contributed by atoms with Crippen molar-refractivity contribution in [1.29, 1.82) is 5.26 Å². The van der Waals surface area contributed by atoms with E-state index in [9.17, 15) is 22.7 Å². The van der Waals surface area contributed by atoms with E-state index < -0.39 is 33.9 Å². The molecule has 2 heterocycles. The molecule has 2 atom stereocenters. The number of halogens is 1. The number of anilines is 1. The molecule has 1 aromatic heterocycles. The molecule has 1 amide bonds. The minimum absolute atomic E-state index is 0.0499. The summed E-state index contributed by atoms with van der Waals surface area (Å²) in [5, 5.41) is 21.6. The number of hydrogen-bond donors (Lipinski definition) is 3. The number of aliphatic hydroxyl groups excluding tert-OH is 1. The molecule has 3 rings (SSSR count). The van der Waals surface area contributed by atoms with Crippen molar-refractivity contribution in [2.24, 2.45) is 7.05 Å². The van der Waals surface area contributed by atoms with Gasteiger partial charge < -0.3 is 15.0 Å². The van der Waals surface area contributed by atoms with Crippen molar-refractivity contribution in [3.63, 3.8) is 0 Å². The fraction of sp³-hybridized carbons (Fsp3) is 0.300. The van der Waals surface area contributed by atoms with E-state index in [1.165, 1.54) is 22.9 Å². The highest BCUT2D eigenvalue weighted by Crippen LogP contribution is 2.28. The molecule has 1 aliphatic rings. The van der Waals surface area contributed by atoms with Gasteiger partial charge in [0, 0.05) is 24.5 Å². The lowest BCUT2D eigenvalue weighted by atomic mass is 10.0. The van der Waals surface area contributed by atoms with Gasteiger partial charge in [0.15, 0.2) is 0 Å². The Morgan fingerprint density at radius 3 is 2.87 bits per heavy atom. The van der Waals surface area contributed by atoms with Crippen LogP contribution in [0, 0.1) is 29.0 Å². The highest BCUT2D eigenvalue weighted by atomic mass is 32.2. The van der Waals surface area contributed by atoms with Crippen LogP contribution >= 0.6 is 0 Å². The Kier molecular flexibility index (Phi) is 5.94. The molecule has 8 nitrogen and oxygen atoms in total. The standard InChI is InChI=1S/C20H19FN4O4S/c1-3-4-17(26)16-8-6-14-18(30(28,29)24-16)11-25(2)19(14)20(27)23-13-5-7-15(21)12(9-13)10-22/h5,7,9,11,16-17,24,26H,6,8H2,1-2H3,(H,23,27)/t16-,17+/m1/s1. The molecule has 10 heteroatoms. The summed E-state index contributed by atoms with van der Waals surface area (Å²) in [5.41, 5.74) is 0.410. The Morgan fingerprint density at radius 2 is 2.20 bits per heavy atom. The van der Waals surface area contributed by atoms with Gasteiger partial charge in [-0.15, -0.1) is 5.92 Å². The zero-order valence-electron chi connectivity index (χ0n) is 16.2. The van der Waals surface area contributed by atoms with Crippen LogP contribution in [-0.2, 0) is 23.5 Å². The van der Waals surface area contributed by atoms with Gasteiger partial charge in [-0.3, -0.25) is 4.79 Å². The first kappa shape index (κ1) is 21.5. The lowest BCUT2D eigenvalue weighted by molar-refractivity contribution is 0.101. The first-order valence-electron chi connectivity index (χ1n) is 8.99. The number of hydrogen-bond acceptors (Lipinski definition) is 5. The number of benzene rings is 1. The van der Waals surface area contributed by atoms with Crippen LogP contribution in [0.1, 0.15) is 35.0 Å². The molecular formula is C20H19FN4O4S. The molecule has 0 fully saturated rings. The van der Waals surface area contributed by atoms with E-state index in [-0.39, 0.29) is 34.7 Å². The molecule has 156 valence electrons. The minimum Gasteiger partial charge on any atom is -0.379 e. The summed E-state index contributed by atoms with van der Waals surface area (Å²) in [4.78, 5) is 12.8. The number of fused-ring (bicyclic) bond motifs is 1. The topological polar surface area (TPSA) is 124 Å². The normalized spacial score (nSPS) is 18.2. The average molecular weight is 430 g/mol. The van der Waals surface area contributed by atoms with E-state index in [0.717, 1.165) is 6.07 Å². The quantitative estimate of drug-likeness (QED) is 0.633. The predicted octanol–water partition coefficient (Wildman–Crippen LogP) is 1.27. The molecule has 1 aliphatic heterocycles. The Hall–Kier alpha value is -3.18. The SMILES string of the molecule is CC#C[C@H](O)[C@H]1CCc2c(cn(C)c2C(=O)Nc2ccc(F)c(C#N)c2)S(=O)(=O)N1. The third-order valence-corrected chi connectivity index (χ3v) is 6.33. The van der Waals surface area contributed by atoms with Gasteiger partial charge in [0.2, 0.25) is 10.0 Å². The predicted molar refractivity (Wildman–Crippen MR) is 106 cm³/mol. The lowest BCUT2D eigenvalue weighted by Gasteiger charge is -2.17. The summed E-state index contributed by atoms with van der Waals surface area (Å²) in [5.74, 6) is 3.78. The zero-order valence-corrected chi connectivity index (χ0v) is 17.0. The maximum absolute atomic E-state index is 13.5. The third kappa shape index (κ3) is 4.07. The number of carbonyl (C=O) groups is 1. The van der Waals surface area contributed by atoms with E-state index in [1.54, 1.807) is 20.0 Å². The summed E-state index contributed by atoms with van der Waals surface area (Å²) < 4.78 is 42.9. The van der Waals surface area contributed by atoms with Crippen molar-refractivity contribution in [3.05, 3.63) is 47.0 Å². The minimum atomic E-state index is -3.99. The number of aromatic nitrogens is 1. The number of carbonyl (C=O) groups excluding carboxylic acids is 1. The van der Waals surface area contributed by atoms with Crippen LogP contribution in [0.2, 0.25) is 0 Å². The van der Waals surface area contributed by atoms with Crippen LogP contribution in [0.4, 0.5) is 10.1 Å². The summed E-state index contributed by atoms with van der Waals surface area (Å²) >= 11 is 0. The van der Waals surface area contributed by atoms with E-state index in [0.29, 0.717) is 5.56 Å². The van der Waals surface area contributed by atoms with Gasteiger partial charge in [0.1, 0.15) is 28.6 Å². The maximum Gasteiger partial charge on any atom is 0.272 e. The summed E-state index contributed by atoms with van der Waals surface area (Å²) in [6.07, 6.45) is 0.605. The number of nitrogens with zero attached hydrogens (tertiary/aromatic N) is 2. The van der Waals surface area contributed by atoms with Crippen LogP contribution in [0.15, 0.2) is 29.3 Å². The molecule has 0 bridgehead atoms. The molecule has 0 aliphatic carbocycles. The molecule has 1 aromatic carbocycles. The second-order valence-electron chi connectivity index (χ2n) is 6.80. The average Bonchev–Trinajstić information content (AvgIpc) is 2.97. The summed E-state index contributed by atoms with van der Waals surface area (Å²) in [7, 11) is -2.45. The van der Waals surface area contributed by atoms with E-state index in [1.807, 2.05) is 0 Å². The number of aliphatic hydroxyl groups is 1. The monoisotopic (exact) mass is 430 g/mol. The largest absolute Gasteiger partial charge is 0.379 e. The van der Waals surface area contributed by atoms with E-state index in [2.05, 4.69) is 21.9 Å². The van der Waals surface area contributed by atoms with Gasteiger partial charge in [-0.05, 0) is 38.0 Å². The number of aryl methyl sites for hydroxylation is 1. The number of nitrogens with one attached hydrogen (secondary N) is 2. The first-order valence-corrected chi connectivity index (χ1v) is 10.5. The smallest absolute Gasteiger partial charge is 0.272 e. The molecule has 0 radical (unpaired) electrons. The molecule has 30 heavy (non-hydrogen) atoms. The van der Waals surface area contributed by atoms with Crippen LogP contribution in [-0.4, -0.2) is 36.1 Å². The van der Waals surface area contributed by atoms with Crippen molar-refractivity contribution in [3.8, 4) is 17.9 Å². The zero-order chi connectivity index (χ0) is 22.1. The molecule has 0 unspecified atom stereocenters. The molecular weight excluding hydrogens is 411 g/mol. The van der Waals surface area contributed by atoms with Gasteiger partial charge in [0.05, 0.1) is 11.6 Å². The number of nitriles is 1. The van der Waals surface area contributed by atoms with Gasteiger partial charge in [-0.1, -0.05) is 5.92 Å². The Labute approximate surface area is 173 Å². The Morgan fingerprint density at radius 1 is 1.47 bits per heavy atom. The Balaban J connectivity index is 1.96. The van der Waals surface area contributed by atoms with Gasteiger partial charge >= 0.3 is 0 Å². The fourth-order valence-electron chi connectivity index (χ4n) is 3.39. The lowest BCUT2D eigenvalue weighted by Crippen LogP contribution is -2.41. The highest BCUT2D eigenvalue weighted by molar-refractivity contribution is 7.89. The van der Waals surface area contributed by atoms with Crippen LogP contribution in [0.5, 0.6) is 0 Å². The third-order valence-electron chi connectivity index (χ3n) is 4.78. The summed E-state index contributed by atoms with van der Waals surface area (Å²) in [6, 6.07) is 4.45. The maximum atomic E-state index is 13.5. The highest BCUT2D eigenvalue weighted by Gasteiger charge is 2.34. The first-order chi connectivity index (χ1) is 14.2. The van der Waals surface area contributed by atoms with Crippen LogP contribution in [0.25, 0.3) is 0 Å². The van der Waals surface area contributed by atoms with E-state index in [4.69, 9.17) is 5.26 Å². The number of sulfonamides is 1. The van der Waals surface area contributed by atoms with Gasteiger partial charge in [0.25, 0.3) is 5.91 Å². The second-order valence-corrected chi connectivity index (χ2v) is 8.48. The molecule has 2 aromatic rings. The summed E-state index contributed by atoms with van der Waals surface area (Å²) in [6.45, 7) is 1.54. The molecule has 0 saturated heterocycles. The van der Waals surface area contributed by atoms with Crippen molar-refractivity contribution < 1.29 is 22.7 Å². The van der Waals surface area contributed by atoms with Gasteiger partial charge in [-0.2, -0.15) is 5.26 Å². The molecule has 0 saturated carbocycles. The molecule has 3 N–H and O–H groups in total. The number of amides is 1. The van der Waals surface area contributed by atoms with Crippen molar-refractivity contribution in [1.82, 2.24) is 9.29 Å². The van der Waals surface area contributed by atoms with Gasteiger partial charge in [-0.25, -0.2) is 17.5 Å². The van der Waals surface area contributed by atoms with E-state index >= 15 is 0 Å². The van der Waals surface area contributed by atoms with Crippen molar-refractivity contribution >= 4 is 21.6 Å². The van der Waals surface area contributed by atoms with Crippen molar-refractivity contribution in [2.75, 3.05) is 5.32 Å². The van der Waals surface area contributed by atoms with Crippen LogP contribution < -0.4 is 10.0 Å². The van der Waals surface area contributed by atoms with Crippen LogP contribution in [0.3, 0.4) is 0 Å². The number of rotatable bonds is 3. The fourth-order valence-corrected chi connectivity index (χ4v) is 4.98.